The summed E-state index contributed by atoms with van der Waals surface area (Å²) in [5.41, 5.74) is 1.28. The van der Waals surface area contributed by atoms with Crippen molar-refractivity contribution in [3.63, 3.8) is 0 Å². The second-order valence-electron chi connectivity index (χ2n) is 11.5. The lowest BCUT2D eigenvalue weighted by Crippen LogP contribution is -2.60. The Morgan fingerprint density at radius 1 is 1.12 bits per heavy atom. The predicted molar refractivity (Wildman–Crippen MR) is 132 cm³/mol. The SMILES string of the molecule is CN1C(=O)C=C[C@@]2(C)C1CC[C@@H]1[C@H]2CC[C@]2(C)C(NC(=O)CCc3ccccc3Cl)CC[C@@H]12. The van der Waals surface area contributed by atoms with Crippen molar-refractivity contribution in [3.8, 4) is 0 Å². The van der Waals surface area contributed by atoms with Crippen LogP contribution in [0.3, 0.4) is 0 Å². The van der Waals surface area contributed by atoms with E-state index in [9.17, 15) is 9.59 Å². The minimum atomic E-state index is 0.0726. The number of hydrogen-bond acceptors (Lipinski definition) is 2. The first-order chi connectivity index (χ1) is 15.7. The monoisotopic (exact) mass is 468 g/mol. The molecule has 0 bridgehead atoms. The minimum absolute atomic E-state index is 0.0726. The summed E-state index contributed by atoms with van der Waals surface area (Å²) in [7, 11) is 1.98. The van der Waals surface area contributed by atoms with Crippen molar-refractivity contribution >= 4 is 23.4 Å². The van der Waals surface area contributed by atoms with Gasteiger partial charge in [-0.05, 0) is 85.8 Å². The van der Waals surface area contributed by atoms with Gasteiger partial charge in [0, 0.05) is 36.0 Å². The van der Waals surface area contributed by atoms with E-state index in [1.165, 1.54) is 19.3 Å². The van der Waals surface area contributed by atoms with Gasteiger partial charge in [0.2, 0.25) is 11.8 Å². The van der Waals surface area contributed by atoms with Gasteiger partial charge >= 0.3 is 0 Å². The van der Waals surface area contributed by atoms with Crippen LogP contribution in [0.5, 0.6) is 0 Å². The van der Waals surface area contributed by atoms with E-state index in [1.807, 2.05) is 42.3 Å². The third kappa shape index (κ3) is 3.73. The second-order valence-corrected chi connectivity index (χ2v) is 11.9. The van der Waals surface area contributed by atoms with Crippen LogP contribution < -0.4 is 5.32 Å². The fourth-order valence-electron chi connectivity index (χ4n) is 8.19. The third-order valence-corrected chi connectivity index (χ3v) is 10.4. The zero-order chi connectivity index (χ0) is 23.4. The molecule has 0 aromatic heterocycles. The highest BCUT2D eigenvalue weighted by Crippen LogP contribution is 2.63. The van der Waals surface area contributed by atoms with E-state index >= 15 is 0 Å². The first-order valence-corrected chi connectivity index (χ1v) is 13.1. The van der Waals surface area contributed by atoms with Crippen LogP contribution in [-0.4, -0.2) is 35.8 Å². The van der Waals surface area contributed by atoms with Gasteiger partial charge in [0.25, 0.3) is 0 Å². The van der Waals surface area contributed by atoms with E-state index in [0.717, 1.165) is 29.8 Å². The van der Waals surface area contributed by atoms with Crippen LogP contribution >= 0.6 is 11.6 Å². The van der Waals surface area contributed by atoms with Crippen molar-refractivity contribution in [3.05, 3.63) is 47.0 Å². The van der Waals surface area contributed by atoms with Crippen LogP contribution in [0.25, 0.3) is 0 Å². The van der Waals surface area contributed by atoms with Crippen molar-refractivity contribution in [1.29, 1.82) is 0 Å². The fraction of sp³-hybridized carbons (Fsp3) is 0.643. The molecule has 4 aliphatic rings. The second kappa shape index (κ2) is 8.45. The highest BCUT2D eigenvalue weighted by molar-refractivity contribution is 6.31. The van der Waals surface area contributed by atoms with E-state index in [-0.39, 0.29) is 28.7 Å². The number of nitrogens with one attached hydrogen (secondary N) is 1. The first kappa shape index (κ1) is 23.0. The Kier molecular flexibility index (Phi) is 5.87. The molecule has 3 aliphatic carbocycles. The van der Waals surface area contributed by atoms with Gasteiger partial charge in [0.15, 0.2) is 0 Å². The lowest BCUT2D eigenvalue weighted by atomic mass is 9.48. The molecule has 1 aliphatic heterocycles. The van der Waals surface area contributed by atoms with Crippen LogP contribution in [0.2, 0.25) is 5.02 Å². The van der Waals surface area contributed by atoms with Gasteiger partial charge in [0.1, 0.15) is 0 Å². The van der Waals surface area contributed by atoms with Gasteiger partial charge < -0.3 is 10.2 Å². The van der Waals surface area contributed by atoms with Gasteiger partial charge in [-0.25, -0.2) is 0 Å². The molecule has 0 spiro atoms. The molecule has 5 heteroatoms. The Morgan fingerprint density at radius 3 is 2.70 bits per heavy atom. The third-order valence-electron chi connectivity index (χ3n) is 10.0. The Bertz CT molecular complexity index is 976. The predicted octanol–water partition coefficient (Wildman–Crippen LogP) is 5.40. The molecular formula is C28H37ClN2O2. The average Bonchev–Trinajstić information content (AvgIpc) is 3.12. The highest BCUT2D eigenvalue weighted by Gasteiger charge is 2.60. The molecule has 0 radical (unpaired) electrons. The zero-order valence-electron chi connectivity index (χ0n) is 20.1. The lowest BCUT2D eigenvalue weighted by molar-refractivity contribution is -0.138. The number of amides is 2. The minimum Gasteiger partial charge on any atom is -0.353 e. The number of fused-ring (bicyclic) bond motifs is 5. The Hall–Kier alpha value is -1.81. The zero-order valence-corrected chi connectivity index (χ0v) is 20.9. The highest BCUT2D eigenvalue weighted by atomic mass is 35.5. The molecule has 3 saturated carbocycles. The van der Waals surface area contributed by atoms with Gasteiger partial charge in [-0.15, -0.1) is 0 Å². The summed E-state index contributed by atoms with van der Waals surface area (Å²) in [6, 6.07) is 8.38. The standard InChI is InChI=1S/C28H37ClN2O2/c1-27-16-14-21-19(9-12-24-28(21,2)17-15-26(33)31(24)3)20(27)10-11-23(27)30-25(32)13-8-18-6-4-5-7-22(18)29/h4-7,15,17,19-21,23-24H,8-14,16H2,1-3H3,(H,30,32)/t19-,20-,21+,23?,24?,27-,28+/m0/s1. The van der Waals surface area contributed by atoms with Crippen LogP contribution in [0, 0.1) is 28.6 Å². The first-order valence-electron chi connectivity index (χ1n) is 12.7. The maximum atomic E-state index is 12.9. The number of nitrogens with zero attached hydrogens (tertiary/aromatic N) is 1. The number of halogens is 1. The number of carbonyl (C=O) groups is 2. The number of rotatable bonds is 4. The summed E-state index contributed by atoms with van der Waals surface area (Å²) in [6.07, 6.45) is 12.1. The summed E-state index contributed by atoms with van der Waals surface area (Å²) in [4.78, 5) is 27.2. The molecule has 0 saturated heterocycles. The van der Waals surface area contributed by atoms with E-state index in [0.29, 0.717) is 36.6 Å². The summed E-state index contributed by atoms with van der Waals surface area (Å²) in [6.45, 7) is 4.82. The van der Waals surface area contributed by atoms with E-state index < -0.39 is 0 Å². The molecule has 1 aromatic rings. The Morgan fingerprint density at radius 2 is 1.91 bits per heavy atom. The van der Waals surface area contributed by atoms with Crippen molar-refractivity contribution in [2.45, 2.75) is 77.3 Å². The molecular weight excluding hydrogens is 432 g/mol. The van der Waals surface area contributed by atoms with Crippen LogP contribution in [0.15, 0.2) is 36.4 Å². The fourth-order valence-corrected chi connectivity index (χ4v) is 8.42. The summed E-state index contributed by atoms with van der Waals surface area (Å²) < 4.78 is 0. The molecule has 1 aromatic carbocycles. The van der Waals surface area contributed by atoms with E-state index in [2.05, 4.69) is 25.2 Å². The van der Waals surface area contributed by atoms with Gasteiger partial charge in [-0.2, -0.15) is 0 Å². The summed E-state index contributed by atoms with van der Waals surface area (Å²) >= 11 is 6.27. The van der Waals surface area contributed by atoms with Crippen LogP contribution in [-0.2, 0) is 16.0 Å². The maximum absolute atomic E-state index is 12.9. The Balaban J connectivity index is 1.27. The average molecular weight is 469 g/mol. The van der Waals surface area contributed by atoms with E-state index in [4.69, 9.17) is 11.6 Å². The van der Waals surface area contributed by atoms with E-state index in [1.54, 1.807) is 0 Å². The number of benzene rings is 1. The molecule has 3 fully saturated rings. The number of carbonyl (C=O) groups excluding carboxylic acids is 2. The number of aryl methyl sites for hydroxylation is 1. The van der Waals surface area contributed by atoms with Crippen molar-refractivity contribution in [1.82, 2.24) is 10.2 Å². The molecule has 2 unspecified atom stereocenters. The smallest absolute Gasteiger partial charge is 0.246 e. The van der Waals surface area contributed by atoms with Crippen molar-refractivity contribution in [2.75, 3.05) is 7.05 Å². The quantitative estimate of drug-likeness (QED) is 0.643. The molecule has 4 nitrogen and oxygen atoms in total. The topological polar surface area (TPSA) is 49.4 Å². The van der Waals surface area contributed by atoms with Crippen LogP contribution in [0.1, 0.15) is 64.4 Å². The molecule has 178 valence electrons. The van der Waals surface area contributed by atoms with Gasteiger partial charge in [-0.1, -0.05) is 49.7 Å². The number of hydrogen-bond donors (Lipinski definition) is 1. The lowest BCUT2D eigenvalue weighted by Gasteiger charge is -2.60. The van der Waals surface area contributed by atoms with Gasteiger partial charge in [0.05, 0.1) is 0 Å². The maximum Gasteiger partial charge on any atom is 0.246 e. The number of likely N-dealkylation sites (N-methyl/N-ethyl adjacent to an activating group) is 1. The summed E-state index contributed by atoms with van der Waals surface area (Å²) in [5, 5.41) is 4.17. The molecule has 1 heterocycles. The van der Waals surface area contributed by atoms with Crippen molar-refractivity contribution in [2.24, 2.45) is 28.6 Å². The molecule has 2 amide bonds. The van der Waals surface area contributed by atoms with Crippen molar-refractivity contribution < 1.29 is 9.59 Å². The molecule has 5 rings (SSSR count). The van der Waals surface area contributed by atoms with Crippen LogP contribution in [0.4, 0.5) is 0 Å². The Labute approximate surface area is 203 Å². The molecule has 1 N–H and O–H groups in total. The largest absolute Gasteiger partial charge is 0.353 e. The molecule has 7 atom stereocenters. The molecule has 33 heavy (non-hydrogen) atoms. The van der Waals surface area contributed by atoms with Gasteiger partial charge in [-0.3, -0.25) is 9.59 Å². The summed E-state index contributed by atoms with van der Waals surface area (Å²) in [5.74, 6) is 2.25. The normalized spacial score (nSPS) is 39.6.